The molecule has 0 unspecified atom stereocenters. The molecular formula is C16H19ClN4S. The number of rotatable bonds is 6. The lowest BCUT2D eigenvalue weighted by Crippen LogP contribution is -2.09. The van der Waals surface area contributed by atoms with Crippen LogP contribution in [0.3, 0.4) is 0 Å². The number of nitrogens with two attached hydrogens (primary N) is 1. The second-order valence-electron chi connectivity index (χ2n) is 4.81. The van der Waals surface area contributed by atoms with Crippen LogP contribution in [0.1, 0.15) is 30.9 Å². The van der Waals surface area contributed by atoms with Crippen LogP contribution < -0.4 is 5.73 Å². The van der Waals surface area contributed by atoms with E-state index in [0.29, 0.717) is 17.1 Å². The Labute approximate surface area is 140 Å². The highest BCUT2D eigenvalue weighted by molar-refractivity contribution is 7.99. The molecule has 0 amide bonds. The fourth-order valence-electron chi connectivity index (χ4n) is 2.33. The highest BCUT2D eigenvalue weighted by atomic mass is 35.5. The van der Waals surface area contributed by atoms with Crippen molar-refractivity contribution in [3.63, 3.8) is 0 Å². The first kappa shape index (κ1) is 16.9. The molecule has 0 aliphatic rings. The average Bonchev–Trinajstić information content (AvgIpc) is 2.83. The van der Waals surface area contributed by atoms with Crippen molar-refractivity contribution in [2.24, 2.45) is 5.73 Å². The summed E-state index contributed by atoms with van der Waals surface area (Å²) in [6.45, 7) is 5.62. The van der Waals surface area contributed by atoms with Crippen LogP contribution in [-0.4, -0.2) is 16.1 Å². The molecule has 1 aromatic heterocycles. The van der Waals surface area contributed by atoms with Gasteiger partial charge in [0.05, 0.1) is 17.3 Å². The van der Waals surface area contributed by atoms with Crippen LogP contribution in [0.25, 0.3) is 0 Å². The fraction of sp³-hybridized carbons (Fsp3) is 0.375. The molecular weight excluding hydrogens is 316 g/mol. The molecule has 2 aromatic rings. The summed E-state index contributed by atoms with van der Waals surface area (Å²) in [4.78, 5) is 5.67. The first-order valence-electron chi connectivity index (χ1n) is 7.29. The van der Waals surface area contributed by atoms with Crippen molar-refractivity contribution in [1.82, 2.24) is 9.55 Å². The van der Waals surface area contributed by atoms with Gasteiger partial charge >= 0.3 is 0 Å². The van der Waals surface area contributed by atoms with Gasteiger partial charge in [0.25, 0.3) is 0 Å². The first-order valence-corrected chi connectivity index (χ1v) is 8.49. The van der Waals surface area contributed by atoms with Crippen molar-refractivity contribution in [1.29, 1.82) is 5.26 Å². The van der Waals surface area contributed by atoms with Crippen molar-refractivity contribution in [2.45, 2.75) is 43.2 Å². The summed E-state index contributed by atoms with van der Waals surface area (Å²) in [5, 5.41) is 10.8. The van der Waals surface area contributed by atoms with Gasteiger partial charge < -0.3 is 10.3 Å². The van der Waals surface area contributed by atoms with Crippen molar-refractivity contribution >= 4 is 23.4 Å². The van der Waals surface area contributed by atoms with Crippen molar-refractivity contribution in [3.8, 4) is 6.07 Å². The van der Waals surface area contributed by atoms with E-state index in [1.165, 1.54) is 0 Å². The number of aromatic nitrogens is 2. The predicted molar refractivity (Wildman–Crippen MR) is 90.3 cm³/mol. The molecule has 116 valence electrons. The SMILES string of the molecule is CCc1nc(CCN)n(CC)c1Sc1cc(Cl)cc(C#N)c1. The molecule has 1 aromatic carbocycles. The summed E-state index contributed by atoms with van der Waals surface area (Å²) in [6.07, 6.45) is 1.62. The van der Waals surface area contributed by atoms with E-state index in [9.17, 15) is 0 Å². The maximum absolute atomic E-state index is 9.08. The lowest BCUT2D eigenvalue weighted by molar-refractivity contribution is 0.645. The summed E-state index contributed by atoms with van der Waals surface area (Å²) >= 11 is 7.70. The molecule has 0 bridgehead atoms. The molecule has 1 heterocycles. The Morgan fingerprint density at radius 1 is 1.36 bits per heavy atom. The second kappa shape index (κ2) is 7.68. The molecule has 0 spiro atoms. The Morgan fingerprint density at radius 3 is 2.73 bits per heavy atom. The molecule has 0 atom stereocenters. The Morgan fingerprint density at radius 2 is 2.14 bits per heavy atom. The van der Waals surface area contributed by atoms with E-state index in [1.54, 1.807) is 17.8 Å². The van der Waals surface area contributed by atoms with Gasteiger partial charge in [-0.15, -0.1) is 0 Å². The standard InChI is InChI=1S/C16H19ClN4S/c1-3-14-16(21(4-2)15(20-14)5-6-18)22-13-8-11(10-19)7-12(17)9-13/h7-9H,3-6,18H2,1-2H3. The minimum absolute atomic E-state index is 0.567. The summed E-state index contributed by atoms with van der Waals surface area (Å²) in [7, 11) is 0. The zero-order valence-electron chi connectivity index (χ0n) is 12.8. The monoisotopic (exact) mass is 334 g/mol. The smallest absolute Gasteiger partial charge is 0.111 e. The van der Waals surface area contributed by atoms with Gasteiger partial charge in [-0.05, 0) is 38.1 Å². The van der Waals surface area contributed by atoms with E-state index in [1.807, 2.05) is 12.1 Å². The minimum Gasteiger partial charge on any atom is -0.330 e. The Kier molecular flexibility index (Phi) is 5.90. The van der Waals surface area contributed by atoms with E-state index >= 15 is 0 Å². The molecule has 0 fully saturated rings. The van der Waals surface area contributed by atoms with E-state index in [0.717, 1.165) is 40.8 Å². The van der Waals surface area contributed by atoms with Crippen LogP contribution in [0, 0.1) is 11.3 Å². The number of hydrogen-bond donors (Lipinski definition) is 1. The highest BCUT2D eigenvalue weighted by Gasteiger charge is 2.16. The van der Waals surface area contributed by atoms with E-state index in [-0.39, 0.29) is 0 Å². The van der Waals surface area contributed by atoms with E-state index < -0.39 is 0 Å². The van der Waals surface area contributed by atoms with Gasteiger partial charge in [-0.3, -0.25) is 0 Å². The van der Waals surface area contributed by atoms with E-state index in [2.05, 4.69) is 24.5 Å². The highest BCUT2D eigenvalue weighted by Crippen LogP contribution is 2.34. The largest absolute Gasteiger partial charge is 0.330 e. The molecule has 2 N–H and O–H groups in total. The van der Waals surface area contributed by atoms with Gasteiger partial charge in [-0.1, -0.05) is 30.3 Å². The maximum Gasteiger partial charge on any atom is 0.111 e. The molecule has 0 aliphatic carbocycles. The molecule has 0 saturated carbocycles. The summed E-state index contributed by atoms with van der Waals surface area (Å²) in [5.41, 5.74) is 7.31. The van der Waals surface area contributed by atoms with Crippen molar-refractivity contribution < 1.29 is 0 Å². The molecule has 6 heteroatoms. The lowest BCUT2D eigenvalue weighted by Gasteiger charge is -2.10. The number of imidazole rings is 1. The third-order valence-corrected chi connectivity index (χ3v) is 4.64. The zero-order valence-corrected chi connectivity index (χ0v) is 14.3. The van der Waals surface area contributed by atoms with Crippen LogP contribution >= 0.6 is 23.4 Å². The zero-order chi connectivity index (χ0) is 16.1. The number of aryl methyl sites for hydroxylation is 1. The van der Waals surface area contributed by atoms with Crippen LogP contribution in [0.4, 0.5) is 0 Å². The topological polar surface area (TPSA) is 67.6 Å². The summed E-state index contributed by atoms with van der Waals surface area (Å²) in [6, 6.07) is 7.54. The fourth-order valence-corrected chi connectivity index (χ4v) is 3.87. The number of halogens is 1. The second-order valence-corrected chi connectivity index (χ2v) is 6.30. The molecule has 0 aliphatic heterocycles. The molecule has 0 saturated heterocycles. The van der Waals surface area contributed by atoms with Crippen LogP contribution in [-0.2, 0) is 19.4 Å². The third-order valence-electron chi connectivity index (χ3n) is 3.30. The molecule has 4 nitrogen and oxygen atoms in total. The molecule has 2 rings (SSSR count). The lowest BCUT2D eigenvalue weighted by atomic mass is 10.2. The van der Waals surface area contributed by atoms with Gasteiger partial charge in [0.1, 0.15) is 10.9 Å². The van der Waals surface area contributed by atoms with Gasteiger partial charge in [0.15, 0.2) is 0 Å². The van der Waals surface area contributed by atoms with Gasteiger partial charge in [0.2, 0.25) is 0 Å². The normalized spacial score (nSPS) is 10.7. The first-order chi connectivity index (χ1) is 10.6. The van der Waals surface area contributed by atoms with Crippen molar-refractivity contribution in [3.05, 3.63) is 40.3 Å². The summed E-state index contributed by atoms with van der Waals surface area (Å²) < 4.78 is 2.20. The van der Waals surface area contributed by atoms with Gasteiger partial charge in [-0.25, -0.2) is 4.98 Å². The Bertz CT molecular complexity index is 703. The van der Waals surface area contributed by atoms with E-state index in [4.69, 9.17) is 27.6 Å². The van der Waals surface area contributed by atoms with Gasteiger partial charge in [0, 0.05) is 22.9 Å². The average molecular weight is 335 g/mol. The maximum atomic E-state index is 9.08. The number of nitrogens with zero attached hydrogens (tertiary/aromatic N) is 3. The molecule has 22 heavy (non-hydrogen) atoms. The predicted octanol–water partition coefficient (Wildman–Crippen LogP) is 3.64. The van der Waals surface area contributed by atoms with Gasteiger partial charge in [-0.2, -0.15) is 5.26 Å². The quantitative estimate of drug-likeness (QED) is 0.875. The Hall–Kier alpha value is -1.48. The molecule has 0 radical (unpaired) electrons. The number of hydrogen-bond acceptors (Lipinski definition) is 4. The Balaban J connectivity index is 2.44. The van der Waals surface area contributed by atoms with Crippen LogP contribution in [0.2, 0.25) is 5.02 Å². The third kappa shape index (κ3) is 3.64. The summed E-state index contributed by atoms with van der Waals surface area (Å²) in [5.74, 6) is 1.02. The minimum atomic E-state index is 0.567. The van der Waals surface area contributed by atoms with Crippen LogP contribution in [0.15, 0.2) is 28.1 Å². The number of benzene rings is 1. The van der Waals surface area contributed by atoms with Crippen LogP contribution in [0.5, 0.6) is 0 Å². The number of nitriles is 1. The van der Waals surface area contributed by atoms with Crippen molar-refractivity contribution in [2.75, 3.05) is 6.54 Å².